The first-order chi connectivity index (χ1) is 54.0. The van der Waals surface area contributed by atoms with Gasteiger partial charge in [-0.2, -0.15) is 20.4 Å². The fraction of sp³-hybridized carbons (Fsp3) is 0.186. The van der Waals surface area contributed by atoms with Crippen LogP contribution in [0.5, 0.6) is 0 Å². The molecule has 1 saturated heterocycles. The number of aromatic nitrogens is 16. The van der Waals surface area contributed by atoms with E-state index < -0.39 is 0 Å². The van der Waals surface area contributed by atoms with Crippen molar-refractivity contribution in [2.45, 2.75) is 34.9 Å². The number of fused-ring (bicyclic) bond motifs is 4. The molecule has 1 fully saturated rings. The Labute approximate surface area is 673 Å². The molecule has 1 aliphatic rings. The predicted octanol–water partition coefficient (Wildman–Crippen LogP) is 17.5. The third kappa shape index (κ3) is 17.8. The van der Waals surface area contributed by atoms with Crippen LogP contribution in [0.25, 0.3) is 134 Å². The Morgan fingerprint density at radius 1 is 0.389 bits per heavy atom. The Hall–Kier alpha value is -12.1. The van der Waals surface area contributed by atoms with Crippen LogP contribution in [0.2, 0.25) is 20.1 Å². The summed E-state index contributed by atoms with van der Waals surface area (Å²) in [5, 5.41) is 61.3. The lowest BCUT2D eigenvalue weighted by atomic mass is 10.1. The number of carbonyl (C=O) groups is 2. The maximum Gasteiger partial charge on any atom is 0.244 e. The lowest BCUT2D eigenvalue weighted by Crippen LogP contribution is -2.48. The van der Waals surface area contributed by atoms with Crippen LogP contribution in [-0.4, -0.2) is 167 Å². The topological polar surface area (TPSA) is 230 Å². The van der Waals surface area contributed by atoms with Crippen LogP contribution in [0.15, 0.2) is 231 Å². The Morgan fingerprint density at radius 3 is 1.08 bits per heavy atom. The van der Waals surface area contributed by atoms with E-state index in [4.69, 9.17) is 56.6 Å². The number of piperazine rings is 1. The number of carbonyl (C=O) groups excluding carboxylic acids is 2. The van der Waals surface area contributed by atoms with Gasteiger partial charge in [0.05, 0.1) is 41.6 Å². The SMILES string of the molecule is C.C.CN(C)CCNC(=O)Cn1nc(-c2ccccc2)c2c(Cl)c(-c3ccccc3)nnc21.CN1CCN(C(=O)Cn2nc(-c3ccccc3)c3c(Cl)c(-c4ccccc4)nnc32)CC1.Cc1cccc(-c2nn(C)c3nnc(-c4ccccc4)c(Cl)c23)c1.Cn1nc(-c2ccccc2)c2c(Cl)c(-c3ccc(F)cc3)nnc21. The first-order valence-electron chi connectivity index (χ1n) is 35.6. The van der Waals surface area contributed by atoms with Crippen molar-refractivity contribution < 1.29 is 14.0 Å². The number of rotatable bonds is 15. The molecule has 0 radical (unpaired) electrons. The minimum absolute atomic E-state index is 0. The summed E-state index contributed by atoms with van der Waals surface area (Å²) in [6.45, 7) is 6.67. The van der Waals surface area contributed by atoms with Crippen LogP contribution in [0, 0.1) is 12.7 Å². The molecule has 8 aromatic carbocycles. The smallest absolute Gasteiger partial charge is 0.244 e. The van der Waals surface area contributed by atoms with Gasteiger partial charge in [-0.1, -0.05) is 267 Å². The van der Waals surface area contributed by atoms with Gasteiger partial charge in [-0.05, 0) is 58.4 Å². The molecule has 1 N–H and O–H groups in total. The van der Waals surface area contributed by atoms with Gasteiger partial charge < -0.3 is 20.0 Å². The minimum atomic E-state index is -0.310. The lowest BCUT2D eigenvalue weighted by molar-refractivity contribution is -0.133. The van der Waals surface area contributed by atoms with E-state index in [0.29, 0.717) is 113 Å². The fourth-order valence-electron chi connectivity index (χ4n) is 12.9. The molecule has 17 rings (SSSR count). The monoisotopic (exact) mass is 1580 g/mol. The van der Waals surface area contributed by atoms with E-state index in [2.05, 4.69) is 87.3 Å². The zero-order chi connectivity index (χ0) is 77.2. The minimum Gasteiger partial charge on any atom is -0.353 e. The molecule has 0 atom stereocenters. The highest BCUT2D eigenvalue weighted by atomic mass is 35.5. The summed E-state index contributed by atoms with van der Waals surface area (Å²) in [4.78, 5) is 31.6. The van der Waals surface area contributed by atoms with Crippen LogP contribution < -0.4 is 5.32 Å². The summed E-state index contributed by atoms with van der Waals surface area (Å²) < 4.78 is 19.7. The normalized spacial score (nSPS) is 12.0. The first-order valence-corrected chi connectivity index (χ1v) is 37.1. The van der Waals surface area contributed by atoms with Crippen LogP contribution in [-0.2, 0) is 36.8 Å². The molecule has 0 saturated carbocycles. The molecule has 8 aromatic heterocycles. The zero-order valence-electron chi connectivity index (χ0n) is 61.3. The lowest BCUT2D eigenvalue weighted by Gasteiger charge is -2.32. The molecule has 27 heteroatoms. The summed E-state index contributed by atoms with van der Waals surface area (Å²) in [7, 11) is 9.64. The van der Waals surface area contributed by atoms with Crippen molar-refractivity contribution in [2.75, 3.05) is 60.4 Å². The van der Waals surface area contributed by atoms with Gasteiger partial charge in [-0.3, -0.25) is 9.59 Å². The van der Waals surface area contributed by atoms with E-state index in [0.717, 1.165) is 80.7 Å². The highest BCUT2D eigenvalue weighted by molar-refractivity contribution is 6.40. The summed E-state index contributed by atoms with van der Waals surface area (Å²) in [6, 6.07) is 72.8. The summed E-state index contributed by atoms with van der Waals surface area (Å²) in [6.07, 6.45) is 0. The molecule has 113 heavy (non-hydrogen) atoms. The van der Waals surface area contributed by atoms with Gasteiger partial charge in [0.2, 0.25) is 11.8 Å². The van der Waals surface area contributed by atoms with Gasteiger partial charge in [0, 0.05) is 97.9 Å². The molecule has 22 nitrogen and oxygen atoms in total. The average molecular weight is 1590 g/mol. The van der Waals surface area contributed by atoms with Crippen molar-refractivity contribution in [3.8, 4) is 90.1 Å². The second-order valence-corrected chi connectivity index (χ2v) is 28.1. The Balaban J connectivity index is 0.000000140. The predicted molar refractivity (Wildman–Crippen MR) is 451 cm³/mol. The highest BCUT2D eigenvalue weighted by Gasteiger charge is 2.28. The molecule has 0 spiro atoms. The van der Waals surface area contributed by atoms with Gasteiger partial charge in [-0.25, -0.2) is 23.1 Å². The standard InChI is InChI=1S/C24H23ClN6O.C23H23ClN6O.C19H15ClN4.C18H12ClFN4.2CH4/c1-29-12-14-30(15-13-29)19(32)16-31-24-20(22(28-31)17-8-4-2-5-9-17)21(25)23(26-27-24)18-10-6-3-7-11-18;1-29(2)14-13-25-18(31)15-30-23-19(21(28-30)16-9-5-3-6-10-16)20(24)22(26-27-23)17-11-7-4-8-12-17;1-12-7-6-10-14(11-12)17-15-16(20)18(13-8-4-3-5-9-13)21-22-19(15)24(2)23-17;1-24-18-14(16(23-24)11-5-3-2-4-6-11)15(19)17(21-22-18)12-7-9-13(20)10-8-12;;/h2-11H,12-16H2,1H3;3-12H,13-15H2,1-2H3,(H,25,31);3-11H,1-2H3;2-10H,1H3;2*1H4. The Morgan fingerprint density at radius 2 is 0.708 bits per heavy atom. The van der Waals surface area contributed by atoms with Gasteiger partial charge in [0.1, 0.15) is 64.5 Å². The summed E-state index contributed by atoms with van der Waals surface area (Å²) in [5.41, 5.74) is 15.9. The number of likely N-dealkylation sites (N-methyl/N-ethyl adjacent to an activating group) is 2. The van der Waals surface area contributed by atoms with E-state index in [-0.39, 0.29) is 45.6 Å². The van der Waals surface area contributed by atoms with Gasteiger partial charge in [0.15, 0.2) is 22.6 Å². The number of nitrogens with zero attached hydrogens (tertiary/aromatic N) is 19. The molecular formula is C86H81Cl4FN20O2. The second kappa shape index (κ2) is 36.4. The Kier molecular flexibility index (Phi) is 25.9. The maximum absolute atomic E-state index is 13.2. The average Bonchev–Trinajstić information content (AvgIpc) is 1.61. The Bertz CT molecular complexity index is 5970. The molecule has 572 valence electrons. The molecule has 0 unspecified atom stereocenters. The third-order valence-electron chi connectivity index (χ3n) is 18.6. The van der Waals surface area contributed by atoms with E-state index >= 15 is 0 Å². The van der Waals surface area contributed by atoms with Gasteiger partial charge in [-0.15, -0.1) is 40.8 Å². The number of hydrogen-bond donors (Lipinski definition) is 1. The second-order valence-electron chi connectivity index (χ2n) is 26.6. The molecule has 1 aliphatic heterocycles. The number of benzene rings is 8. The zero-order valence-corrected chi connectivity index (χ0v) is 64.3. The van der Waals surface area contributed by atoms with Crippen molar-refractivity contribution in [1.29, 1.82) is 0 Å². The summed E-state index contributed by atoms with van der Waals surface area (Å²) in [5.74, 6) is -0.432. The maximum atomic E-state index is 13.2. The number of halogens is 5. The van der Waals surface area contributed by atoms with E-state index in [1.807, 2.05) is 225 Å². The molecular weight excluding hydrogens is 1510 g/mol. The number of amides is 2. The molecule has 0 aliphatic carbocycles. The van der Waals surface area contributed by atoms with E-state index in [1.54, 1.807) is 37.9 Å². The van der Waals surface area contributed by atoms with Crippen LogP contribution >= 0.6 is 46.4 Å². The van der Waals surface area contributed by atoms with Gasteiger partial charge >= 0.3 is 0 Å². The van der Waals surface area contributed by atoms with Crippen LogP contribution in [0.1, 0.15) is 20.4 Å². The third-order valence-corrected chi connectivity index (χ3v) is 20.1. The highest BCUT2D eigenvalue weighted by Crippen LogP contribution is 2.42. The molecule has 2 amide bonds. The number of hydrogen-bond acceptors (Lipinski definition) is 16. The molecule has 16 aromatic rings. The van der Waals surface area contributed by atoms with E-state index in [1.165, 1.54) is 17.7 Å². The number of nitrogens with one attached hydrogen (secondary N) is 1. The van der Waals surface area contributed by atoms with Crippen molar-refractivity contribution in [3.05, 3.63) is 262 Å². The van der Waals surface area contributed by atoms with Crippen LogP contribution in [0.3, 0.4) is 0 Å². The largest absolute Gasteiger partial charge is 0.353 e. The van der Waals surface area contributed by atoms with Gasteiger partial charge in [0.25, 0.3) is 0 Å². The number of aryl methyl sites for hydroxylation is 3. The van der Waals surface area contributed by atoms with Crippen molar-refractivity contribution in [2.24, 2.45) is 14.1 Å². The molecule has 9 heterocycles. The van der Waals surface area contributed by atoms with E-state index in [9.17, 15) is 14.0 Å². The quantitative estimate of drug-likeness (QED) is 0.101. The fourth-order valence-corrected chi connectivity index (χ4v) is 14.1. The first kappa shape index (κ1) is 80.4. The van der Waals surface area contributed by atoms with Crippen LogP contribution in [0.4, 0.5) is 4.39 Å². The van der Waals surface area contributed by atoms with Crippen molar-refractivity contribution in [3.63, 3.8) is 0 Å². The van der Waals surface area contributed by atoms with Crippen molar-refractivity contribution >= 4 is 102 Å². The molecule has 0 bridgehead atoms. The summed E-state index contributed by atoms with van der Waals surface area (Å²) >= 11 is 27.1. The van der Waals surface area contributed by atoms with Crippen molar-refractivity contribution in [1.82, 2.24) is 99.9 Å².